The number of hydrogen-bond acceptors (Lipinski definition) is 1. The second-order valence-corrected chi connectivity index (χ2v) is 5.06. The molecule has 1 aromatic rings. The lowest BCUT2D eigenvalue weighted by Gasteiger charge is -2.15. The van der Waals surface area contributed by atoms with Gasteiger partial charge in [-0.3, -0.25) is 4.79 Å². The largest absolute Gasteiger partial charge is 0.299 e. The number of rotatable bonds is 0. The molecule has 0 unspecified atom stereocenters. The number of halogens is 1. The summed E-state index contributed by atoms with van der Waals surface area (Å²) < 4.78 is 1.27. The molecule has 0 spiro atoms. The molecule has 2 atom stereocenters. The summed E-state index contributed by atoms with van der Waals surface area (Å²) in [5.41, 5.74) is 2.78. The van der Waals surface area contributed by atoms with Crippen LogP contribution in [0, 0.1) is 3.57 Å². The Labute approximate surface area is 90.7 Å². The molecule has 3 rings (SSSR count). The summed E-state index contributed by atoms with van der Waals surface area (Å²) in [6.07, 6.45) is 1.87. The summed E-state index contributed by atoms with van der Waals surface area (Å²) in [6, 6.07) is 6.40. The first-order chi connectivity index (χ1) is 6.27. The Morgan fingerprint density at radius 2 is 2.23 bits per heavy atom. The fourth-order valence-corrected chi connectivity index (χ4v) is 3.57. The maximum absolute atomic E-state index is 11.5. The van der Waals surface area contributed by atoms with Crippen LogP contribution in [-0.4, -0.2) is 5.78 Å². The van der Waals surface area contributed by atoms with Gasteiger partial charge in [-0.1, -0.05) is 12.1 Å². The predicted octanol–water partition coefficient (Wildman–Crippen LogP) is 2.83. The zero-order chi connectivity index (χ0) is 9.00. The second kappa shape index (κ2) is 2.56. The summed E-state index contributed by atoms with van der Waals surface area (Å²) in [5, 5.41) is 0. The van der Waals surface area contributed by atoms with Gasteiger partial charge in [-0.15, -0.1) is 0 Å². The predicted molar refractivity (Wildman–Crippen MR) is 58.9 cm³/mol. The van der Waals surface area contributed by atoms with E-state index in [9.17, 15) is 4.79 Å². The summed E-state index contributed by atoms with van der Waals surface area (Å²) >= 11 is 2.34. The normalized spacial score (nSPS) is 29.5. The van der Waals surface area contributed by atoms with Crippen molar-refractivity contribution in [2.45, 2.75) is 24.7 Å². The van der Waals surface area contributed by atoms with E-state index < -0.39 is 0 Å². The first-order valence-electron chi connectivity index (χ1n) is 4.58. The molecule has 1 fully saturated rings. The van der Waals surface area contributed by atoms with Crippen LogP contribution in [0.5, 0.6) is 0 Å². The van der Waals surface area contributed by atoms with E-state index in [1.54, 1.807) is 0 Å². The third kappa shape index (κ3) is 0.951. The van der Waals surface area contributed by atoms with E-state index in [0.717, 1.165) is 12.8 Å². The minimum Gasteiger partial charge on any atom is -0.299 e. The smallest absolute Gasteiger partial charge is 0.141 e. The third-order valence-corrected chi connectivity index (χ3v) is 4.17. The van der Waals surface area contributed by atoms with Crippen molar-refractivity contribution in [1.29, 1.82) is 0 Å². The van der Waals surface area contributed by atoms with Crippen molar-refractivity contribution in [1.82, 2.24) is 0 Å². The second-order valence-electron chi connectivity index (χ2n) is 3.90. The fourth-order valence-electron chi connectivity index (χ4n) is 2.68. The van der Waals surface area contributed by atoms with Crippen LogP contribution in [0.4, 0.5) is 0 Å². The zero-order valence-corrected chi connectivity index (χ0v) is 9.24. The molecule has 13 heavy (non-hydrogen) atoms. The van der Waals surface area contributed by atoms with Crippen LogP contribution >= 0.6 is 22.6 Å². The van der Waals surface area contributed by atoms with Gasteiger partial charge in [0.15, 0.2) is 0 Å². The minimum atomic E-state index is 0.244. The van der Waals surface area contributed by atoms with E-state index in [1.807, 2.05) is 0 Å². The number of carbonyl (C=O) groups excluding carboxylic acids is 1. The SMILES string of the molecule is O=C1C[C@@H]2C[C@@H]1c1c(I)cccc12. The molecule has 0 radical (unpaired) electrons. The lowest BCUT2D eigenvalue weighted by molar-refractivity contribution is -0.118. The van der Waals surface area contributed by atoms with E-state index in [2.05, 4.69) is 40.8 Å². The number of carbonyl (C=O) groups is 1. The van der Waals surface area contributed by atoms with Gasteiger partial charge in [-0.2, -0.15) is 0 Å². The van der Waals surface area contributed by atoms with Gasteiger partial charge < -0.3 is 0 Å². The molecule has 2 aliphatic rings. The summed E-state index contributed by atoms with van der Waals surface area (Å²) in [5.74, 6) is 1.25. The van der Waals surface area contributed by atoms with Crippen LogP contribution in [0.3, 0.4) is 0 Å². The molecule has 2 heteroatoms. The van der Waals surface area contributed by atoms with Gasteiger partial charge >= 0.3 is 0 Å². The average molecular weight is 284 g/mol. The minimum absolute atomic E-state index is 0.244. The topological polar surface area (TPSA) is 17.1 Å². The van der Waals surface area contributed by atoms with E-state index in [1.165, 1.54) is 14.7 Å². The molecule has 2 aliphatic carbocycles. The van der Waals surface area contributed by atoms with Crippen molar-refractivity contribution in [2.75, 3.05) is 0 Å². The molecule has 1 nitrogen and oxygen atoms in total. The molecule has 1 aromatic carbocycles. The average Bonchev–Trinajstić information content (AvgIpc) is 2.62. The van der Waals surface area contributed by atoms with Gasteiger partial charge in [0.25, 0.3) is 0 Å². The monoisotopic (exact) mass is 284 g/mol. The number of hydrogen-bond donors (Lipinski definition) is 0. The molecule has 1 saturated carbocycles. The Bertz CT molecular complexity index is 397. The van der Waals surface area contributed by atoms with Crippen molar-refractivity contribution in [3.05, 3.63) is 32.9 Å². The maximum Gasteiger partial charge on any atom is 0.141 e. The van der Waals surface area contributed by atoms with Crippen LogP contribution in [0.25, 0.3) is 0 Å². The van der Waals surface area contributed by atoms with Gasteiger partial charge in [0.05, 0.1) is 0 Å². The van der Waals surface area contributed by atoms with Crippen LogP contribution in [0.2, 0.25) is 0 Å². The first kappa shape index (κ1) is 7.97. The zero-order valence-electron chi connectivity index (χ0n) is 7.09. The molecule has 2 bridgehead atoms. The number of Topliss-reactive ketones (excluding diaryl/α,β-unsaturated/α-hetero) is 1. The lowest BCUT2D eigenvalue weighted by atomic mass is 9.91. The maximum atomic E-state index is 11.5. The highest BCUT2D eigenvalue weighted by Crippen LogP contribution is 2.52. The van der Waals surface area contributed by atoms with E-state index >= 15 is 0 Å². The van der Waals surface area contributed by atoms with Crippen molar-refractivity contribution >= 4 is 28.4 Å². The molecule has 0 aromatic heterocycles. The van der Waals surface area contributed by atoms with Gasteiger partial charge in [-0.25, -0.2) is 0 Å². The Kier molecular flexibility index (Phi) is 1.57. The van der Waals surface area contributed by atoms with Crippen LogP contribution in [0.15, 0.2) is 18.2 Å². The van der Waals surface area contributed by atoms with Crippen molar-refractivity contribution < 1.29 is 4.79 Å². The molecule has 0 aliphatic heterocycles. The Hall–Kier alpha value is -0.380. The highest BCUT2D eigenvalue weighted by atomic mass is 127. The van der Waals surface area contributed by atoms with Crippen molar-refractivity contribution in [3.8, 4) is 0 Å². The van der Waals surface area contributed by atoms with Gasteiger partial charge in [0.2, 0.25) is 0 Å². The molecular formula is C11H9IO. The van der Waals surface area contributed by atoms with Gasteiger partial charge in [-0.05, 0) is 52.1 Å². The number of benzene rings is 1. The third-order valence-electron chi connectivity index (χ3n) is 3.23. The van der Waals surface area contributed by atoms with Crippen molar-refractivity contribution in [3.63, 3.8) is 0 Å². The Morgan fingerprint density at radius 1 is 1.38 bits per heavy atom. The van der Waals surface area contributed by atoms with Crippen LogP contribution < -0.4 is 0 Å². The highest BCUT2D eigenvalue weighted by Gasteiger charge is 2.43. The first-order valence-corrected chi connectivity index (χ1v) is 5.66. The Morgan fingerprint density at radius 3 is 3.08 bits per heavy atom. The van der Waals surface area contributed by atoms with E-state index in [0.29, 0.717) is 11.7 Å². The summed E-state index contributed by atoms with van der Waals surface area (Å²) in [4.78, 5) is 11.5. The van der Waals surface area contributed by atoms with Crippen LogP contribution in [-0.2, 0) is 4.79 Å². The molecule has 0 N–H and O–H groups in total. The van der Waals surface area contributed by atoms with Crippen LogP contribution in [0.1, 0.15) is 35.8 Å². The summed E-state index contributed by atoms with van der Waals surface area (Å²) in [7, 11) is 0. The van der Waals surface area contributed by atoms with Gasteiger partial charge in [0, 0.05) is 15.9 Å². The quantitative estimate of drug-likeness (QED) is 0.669. The lowest BCUT2D eigenvalue weighted by Crippen LogP contribution is -2.10. The molecule has 0 amide bonds. The molecular weight excluding hydrogens is 275 g/mol. The Balaban J connectivity index is 2.27. The van der Waals surface area contributed by atoms with Crippen molar-refractivity contribution in [2.24, 2.45) is 0 Å². The molecule has 66 valence electrons. The fraction of sp³-hybridized carbons (Fsp3) is 0.364. The number of ketones is 1. The number of fused-ring (bicyclic) bond motifs is 5. The van der Waals surface area contributed by atoms with E-state index in [4.69, 9.17) is 0 Å². The van der Waals surface area contributed by atoms with Gasteiger partial charge in [0.1, 0.15) is 5.78 Å². The van der Waals surface area contributed by atoms with E-state index in [-0.39, 0.29) is 5.92 Å². The highest BCUT2D eigenvalue weighted by molar-refractivity contribution is 14.1. The molecule has 0 saturated heterocycles. The standard InChI is InChI=1S/C11H9IO/c12-9-3-1-2-7-6-4-8(11(7)9)10(13)5-6/h1-3,6,8H,4-5H2/t6-,8-/m0/s1. The summed E-state index contributed by atoms with van der Waals surface area (Å²) in [6.45, 7) is 0. The molecule has 0 heterocycles.